The monoisotopic (exact) mass is 265 g/mol. The van der Waals surface area contributed by atoms with Gasteiger partial charge >= 0.3 is 0 Å². The van der Waals surface area contributed by atoms with Gasteiger partial charge in [-0.1, -0.05) is 19.6 Å². The summed E-state index contributed by atoms with van der Waals surface area (Å²) in [6.45, 7) is 12.0. The van der Waals surface area contributed by atoms with Gasteiger partial charge < -0.3 is 4.74 Å². The Morgan fingerprint density at radius 3 is 2.67 bits per heavy atom. The molecule has 0 unspecified atom stereocenters. The van der Waals surface area contributed by atoms with Crippen molar-refractivity contribution in [1.29, 1.82) is 5.26 Å². The van der Waals surface area contributed by atoms with Crippen molar-refractivity contribution in [2.45, 2.75) is 51.7 Å². The predicted molar refractivity (Wildman–Crippen MR) is 75.0 cm³/mol. The zero-order valence-electron chi connectivity index (χ0n) is 12.0. The number of nitriles is 1. The molecule has 0 atom stereocenters. The summed E-state index contributed by atoms with van der Waals surface area (Å²) in [7, 11) is -1.02. The Labute approximate surface area is 111 Å². The van der Waals surface area contributed by atoms with Gasteiger partial charge in [-0.2, -0.15) is 10.4 Å². The Morgan fingerprint density at radius 1 is 1.44 bits per heavy atom. The minimum atomic E-state index is -1.02. The van der Waals surface area contributed by atoms with Crippen LogP contribution in [0.15, 0.2) is 12.4 Å². The third kappa shape index (κ3) is 4.63. The van der Waals surface area contributed by atoms with Gasteiger partial charge in [0.2, 0.25) is 0 Å². The topological polar surface area (TPSA) is 50.8 Å². The van der Waals surface area contributed by atoms with Crippen LogP contribution in [0, 0.1) is 11.3 Å². The summed E-state index contributed by atoms with van der Waals surface area (Å²) in [5.74, 6) is 0. The average Bonchev–Trinajstić information content (AvgIpc) is 2.72. The molecule has 1 aromatic rings. The largest absolute Gasteiger partial charge is 0.360 e. The van der Waals surface area contributed by atoms with E-state index in [4.69, 9.17) is 10.00 Å². The molecular formula is C13H23N3OSi. The first-order chi connectivity index (χ1) is 8.24. The lowest BCUT2D eigenvalue weighted by Gasteiger charge is -2.15. The maximum Gasteiger partial charge on any atom is 0.139 e. The Bertz CT molecular complexity index is 426. The third-order valence-corrected chi connectivity index (χ3v) is 4.56. The fraction of sp³-hybridized carbons (Fsp3) is 0.692. The molecule has 0 radical (unpaired) electrons. The van der Waals surface area contributed by atoms with Crippen LogP contribution in [-0.2, 0) is 16.9 Å². The predicted octanol–water partition coefficient (Wildman–Crippen LogP) is 3.00. The highest BCUT2D eigenvalue weighted by Gasteiger charge is 2.21. The summed E-state index contributed by atoms with van der Waals surface area (Å²) in [6.07, 6.45) is 3.63. The lowest BCUT2D eigenvalue weighted by atomic mass is 9.89. The molecule has 0 fully saturated rings. The Hall–Kier alpha value is -1.12. The highest BCUT2D eigenvalue weighted by Crippen LogP contribution is 2.21. The maximum atomic E-state index is 9.05. The molecule has 1 rings (SSSR count). The molecule has 0 saturated carbocycles. The first-order valence-corrected chi connectivity index (χ1v) is 9.97. The first-order valence-electron chi connectivity index (χ1n) is 6.26. The van der Waals surface area contributed by atoms with Crippen molar-refractivity contribution >= 4 is 8.07 Å². The first kappa shape index (κ1) is 14.9. The van der Waals surface area contributed by atoms with Crippen LogP contribution in [0.1, 0.15) is 19.4 Å². The molecule has 100 valence electrons. The standard InChI is InChI=1S/C13H23N3OSi/c1-13(2,10-14)12-8-15-16(9-12)11-17-6-7-18(3,4)5/h8-9H,6-7,11H2,1-5H3. The van der Waals surface area contributed by atoms with Gasteiger partial charge in [-0.25, -0.2) is 4.68 Å². The second-order valence-corrected chi connectivity index (χ2v) is 12.0. The van der Waals surface area contributed by atoms with Crippen molar-refractivity contribution in [1.82, 2.24) is 9.78 Å². The molecule has 1 heterocycles. The highest BCUT2D eigenvalue weighted by molar-refractivity contribution is 6.76. The molecular weight excluding hydrogens is 242 g/mol. The normalized spacial score (nSPS) is 12.4. The molecule has 0 saturated heterocycles. The van der Waals surface area contributed by atoms with E-state index in [-0.39, 0.29) is 0 Å². The van der Waals surface area contributed by atoms with Crippen molar-refractivity contribution in [3.63, 3.8) is 0 Å². The second kappa shape index (κ2) is 5.68. The summed E-state index contributed by atoms with van der Waals surface area (Å²) >= 11 is 0. The van der Waals surface area contributed by atoms with Gasteiger partial charge in [-0.15, -0.1) is 0 Å². The van der Waals surface area contributed by atoms with Crippen LogP contribution in [-0.4, -0.2) is 24.5 Å². The molecule has 0 aliphatic carbocycles. The van der Waals surface area contributed by atoms with Gasteiger partial charge in [0.15, 0.2) is 0 Å². The molecule has 0 spiro atoms. The number of hydrogen-bond donors (Lipinski definition) is 0. The van der Waals surface area contributed by atoms with E-state index in [1.807, 2.05) is 20.0 Å². The van der Waals surface area contributed by atoms with Crippen molar-refractivity contribution in [2.75, 3.05) is 6.61 Å². The van der Waals surface area contributed by atoms with Crippen LogP contribution in [0.4, 0.5) is 0 Å². The number of aromatic nitrogens is 2. The minimum absolute atomic E-state index is 0.464. The minimum Gasteiger partial charge on any atom is -0.360 e. The number of rotatable bonds is 6. The summed E-state index contributed by atoms with van der Waals surface area (Å²) in [4.78, 5) is 0. The van der Waals surface area contributed by atoms with Crippen molar-refractivity contribution in [3.8, 4) is 6.07 Å². The Morgan fingerprint density at radius 2 is 2.11 bits per heavy atom. The van der Waals surface area contributed by atoms with Crippen molar-refractivity contribution < 1.29 is 4.74 Å². The van der Waals surface area contributed by atoms with E-state index >= 15 is 0 Å². The smallest absolute Gasteiger partial charge is 0.139 e. The second-order valence-electron chi connectivity index (χ2n) is 6.35. The molecule has 1 aromatic heterocycles. The van der Waals surface area contributed by atoms with E-state index in [9.17, 15) is 0 Å². The maximum absolute atomic E-state index is 9.05. The quantitative estimate of drug-likeness (QED) is 0.587. The number of ether oxygens (including phenoxy) is 1. The molecule has 0 aliphatic heterocycles. The van der Waals surface area contributed by atoms with Crippen LogP contribution >= 0.6 is 0 Å². The molecule has 0 N–H and O–H groups in total. The van der Waals surface area contributed by atoms with E-state index in [2.05, 4.69) is 30.8 Å². The van der Waals surface area contributed by atoms with E-state index in [1.165, 1.54) is 0 Å². The van der Waals surface area contributed by atoms with Crippen molar-refractivity contribution in [2.24, 2.45) is 0 Å². The molecule has 4 nitrogen and oxygen atoms in total. The van der Waals surface area contributed by atoms with E-state index in [0.29, 0.717) is 6.73 Å². The zero-order valence-corrected chi connectivity index (χ0v) is 13.0. The summed E-state index contributed by atoms with van der Waals surface area (Å²) in [5.41, 5.74) is 0.440. The lowest BCUT2D eigenvalue weighted by molar-refractivity contribution is 0.0785. The summed E-state index contributed by atoms with van der Waals surface area (Å²) in [6, 6.07) is 3.43. The third-order valence-electron chi connectivity index (χ3n) is 2.85. The number of hydrogen-bond acceptors (Lipinski definition) is 3. The molecule has 0 aromatic carbocycles. The number of nitrogens with zero attached hydrogens (tertiary/aromatic N) is 3. The SMILES string of the molecule is CC(C)(C#N)c1cnn(COCC[Si](C)(C)C)c1. The Balaban J connectivity index is 2.44. The van der Waals surface area contributed by atoms with Crippen LogP contribution in [0.2, 0.25) is 25.7 Å². The Kier molecular flexibility index (Phi) is 4.71. The van der Waals surface area contributed by atoms with Crippen LogP contribution in [0.5, 0.6) is 0 Å². The van der Waals surface area contributed by atoms with Gasteiger partial charge in [0.25, 0.3) is 0 Å². The van der Waals surface area contributed by atoms with Crippen LogP contribution < -0.4 is 0 Å². The fourth-order valence-electron chi connectivity index (χ4n) is 1.36. The van der Waals surface area contributed by atoms with Gasteiger partial charge in [0.1, 0.15) is 6.73 Å². The molecule has 0 amide bonds. The van der Waals surface area contributed by atoms with Gasteiger partial charge in [-0.05, 0) is 19.9 Å². The van der Waals surface area contributed by atoms with E-state index in [1.54, 1.807) is 10.9 Å². The fourth-order valence-corrected chi connectivity index (χ4v) is 2.11. The van der Waals surface area contributed by atoms with Gasteiger partial charge in [-0.3, -0.25) is 0 Å². The van der Waals surface area contributed by atoms with Crippen molar-refractivity contribution in [3.05, 3.63) is 18.0 Å². The van der Waals surface area contributed by atoms with E-state index < -0.39 is 13.5 Å². The van der Waals surface area contributed by atoms with E-state index in [0.717, 1.165) is 18.2 Å². The lowest BCUT2D eigenvalue weighted by Crippen LogP contribution is -2.22. The molecule has 0 aliphatic rings. The average molecular weight is 265 g/mol. The molecule has 18 heavy (non-hydrogen) atoms. The zero-order chi connectivity index (χ0) is 13.8. The van der Waals surface area contributed by atoms with Crippen LogP contribution in [0.25, 0.3) is 0 Å². The molecule has 5 heteroatoms. The van der Waals surface area contributed by atoms with Crippen LogP contribution in [0.3, 0.4) is 0 Å². The molecule has 0 bridgehead atoms. The summed E-state index contributed by atoms with van der Waals surface area (Å²) < 4.78 is 7.36. The summed E-state index contributed by atoms with van der Waals surface area (Å²) in [5, 5.41) is 13.3. The van der Waals surface area contributed by atoms with Gasteiger partial charge in [0, 0.05) is 26.4 Å². The highest BCUT2D eigenvalue weighted by atomic mass is 28.3. The van der Waals surface area contributed by atoms with Gasteiger partial charge in [0.05, 0.1) is 17.7 Å².